The molecule has 0 saturated carbocycles. The molecular weight excluding hydrogens is 494 g/mol. The van der Waals surface area contributed by atoms with Crippen LogP contribution in [0.3, 0.4) is 0 Å². The minimum Gasteiger partial charge on any atom is -0.482 e. The number of aliphatic hydroxyl groups excluding tert-OH is 2. The summed E-state index contributed by atoms with van der Waals surface area (Å²) in [7, 11) is 0. The van der Waals surface area contributed by atoms with Gasteiger partial charge in [0.05, 0.1) is 18.5 Å². The Bertz CT molecular complexity index is 1320. The zero-order valence-electron chi connectivity index (χ0n) is 18.2. The van der Waals surface area contributed by atoms with Crippen molar-refractivity contribution in [3.63, 3.8) is 0 Å². The average molecular weight is 514 g/mol. The lowest BCUT2D eigenvalue weighted by molar-refractivity contribution is 0.0897. The van der Waals surface area contributed by atoms with E-state index in [4.69, 9.17) is 26.2 Å². The van der Waals surface area contributed by atoms with Crippen molar-refractivity contribution >= 4 is 34.1 Å². The van der Waals surface area contributed by atoms with E-state index in [9.17, 15) is 5.11 Å². The number of aromatic nitrogens is 6. The molecule has 4 aromatic rings. The summed E-state index contributed by atoms with van der Waals surface area (Å²) in [6.07, 6.45) is 7.53. The Morgan fingerprint density at radius 3 is 3.00 bits per heavy atom. The van der Waals surface area contributed by atoms with Gasteiger partial charge in [0, 0.05) is 35.6 Å². The van der Waals surface area contributed by atoms with Gasteiger partial charge < -0.3 is 25.0 Å². The molecule has 1 aliphatic carbocycles. The van der Waals surface area contributed by atoms with Gasteiger partial charge in [-0.15, -0.1) is 0 Å². The zero-order valence-corrected chi connectivity index (χ0v) is 19.8. The van der Waals surface area contributed by atoms with Crippen molar-refractivity contribution in [3.05, 3.63) is 65.4 Å². The molecule has 0 bridgehead atoms. The minimum absolute atomic E-state index is 0.118. The number of aryl methyl sites for hydroxylation is 1. The molecule has 0 spiro atoms. The minimum atomic E-state index is -1.16. The van der Waals surface area contributed by atoms with E-state index in [-0.39, 0.29) is 17.1 Å². The Balaban J connectivity index is 1.46. The van der Waals surface area contributed by atoms with Gasteiger partial charge in [-0.05, 0) is 31.4 Å². The third-order valence-electron chi connectivity index (χ3n) is 5.24. The first-order valence-electron chi connectivity index (χ1n) is 10.7. The first-order valence-corrected chi connectivity index (χ1v) is 11.9. The number of rotatable bonds is 8. The van der Waals surface area contributed by atoms with Crippen molar-refractivity contribution in [3.8, 4) is 17.2 Å². The van der Waals surface area contributed by atoms with Crippen LogP contribution in [0.15, 0.2) is 43.1 Å². The largest absolute Gasteiger partial charge is 0.482 e. The fourth-order valence-corrected chi connectivity index (χ4v) is 4.35. The van der Waals surface area contributed by atoms with Gasteiger partial charge >= 0.3 is 0 Å². The highest BCUT2D eigenvalue weighted by molar-refractivity contribution is 7.09. The highest BCUT2D eigenvalue weighted by Crippen LogP contribution is 2.38. The maximum Gasteiger partial charge on any atom is 0.208 e. The lowest BCUT2D eigenvalue weighted by Gasteiger charge is -2.26. The van der Waals surface area contributed by atoms with Crippen LogP contribution in [0.1, 0.15) is 42.1 Å². The van der Waals surface area contributed by atoms with E-state index >= 15 is 0 Å². The molecule has 3 N–H and O–H groups in total. The lowest BCUT2D eigenvalue weighted by atomic mass is 9.94. The molecule has 0 aromatic carbocycles. The normalized spacial score (nSPS) is 15.8. The molecular formula is C22H20ClN7O4S. The summed E-state index contributed by atoms with van der Waals surface area (Å²) in [6, 6.07) is 5.11. The topological polar surface area (TPSA) is 148 Å². The zero-order chi connectivity index (χ0) is 24.2. The number of pyridine rings is 2. The fraction of sp³-hybridized carbons (Fsp3) is 0.273. The summed E-state index contributed by atoms with van der Waals surface area (Å²) >= 11 is 7.16. The van der Waals surface area contributed by atoms with E-state index in [0.717, 1.165) is 42.1 Å². The lowest BCUT2D eigenvalue weighted by Crippen LogP contribution is -2.17. The highest BCUT2D eigenvalue weighted by atomic mass is 35.5. The Morgan fingerprint density at radius 2 is 2.14 bits per heavy atom. The maximum absolute atomic E-state index is 9.79. The van der Waals surface area contributed by atoms with Crippen molar-refractivity contribution in [2.75, 3.05) is 11.9 Å². The molecule has 0 radical (unpaired) electrons. The van der Waals surface area contributed by atoms with Crippen LogP contribution in [0.5, 0.6) is 17.2 Å². The van der Waals surface area contributed by atoms with Gasteiger partial charge in [0.15, 0.2) is 28.3 Å². The first kappa shape index (κ1) is 23.3. The molecule has 0 aliphatic heterocycles. The Kier molecular flexibility index (Phi) is 6.95. The van der Waals surface area contributed by atoms with Gasteiger partial charge in [0.2, 0.25) is 5.13 Å². The second kappa shape index (κ2) is 10.4. The van der Waals surface area contributed by atoms with E-state index in [0.29, 0.717) is 28.2 Å². The summed E-state index contributed by atoms with van der Waals surface area (Å²) in [4.78, 5) is 21.2. The summed E-state index contributed by atoms with van der Waals surface area (Å²) in [5.74, 6) is 1.68. The van der Waals surface area contributed by atoms with E-state index in [1.54, 1.807) is 30.6 Å². The summed E-state index contributed by atoms with van der Waals surface area (Å²) in [5.41, 5.74) is 1.88. The molecule has 2 atom stereocenters. The molecule has 13 heteroatoms. The summed E-state index contributed by atoms with van der Waals surface area (Å²) < 4.78 is 16.4. The number of hydrogen-bond donors (Lipinski definition) is 3. The number of anilines is 2. The molecule has 11 nitrogen and oxygen atoms in total. The summed E-state index contributed by atoms with van der Waals surface area (Å²) in [6.45, 7) is -0.477. The van der Waals surface area contributed by atoms with Gasteiger partial charge in [-0.1, -0.05) is 11.6 Å². The van der Waals surface area contributed by atoms with Gasteiger partial charge in [-0.25, -0.2) is 24.9 Å². The molecule has 0 saturated heterocycles. The number of halogens is 1. The quantitative estimate of drug-likeness (QED) is 0.295. The van der Waals surface area contributed by atoms with Gasteiger partial charge in [-0.2, -0.15) is 4.37 Å². The van der Waals surface area contributed by atoms with Crippen LogP contribution in [0.25, 0.3) is 0 Å². The second-order valence-corrected chi connectivity index (χ2v) is 8.73. The van der Waals surface area contributed by atoms with Crippen molar-refractivity contribution in [2.24, 2.45) is 0 Å². The molecule has 5 rings (SSSR count). The number of nitrogens with zero attached hydrogens (tertiary/aromatic N) is 6. The van der Waals surface area contributed by atoms with Gasteiger partial charge in [0.1, 0.15) is 24.3 Å². The predicted molar refractivity (Wildman–Crippen MR) is 127 cm³/mol. The smallest absolute Gasteiger partial charge is 0.208 e. The molecule has 35 heavy (non-hydrogen) atoms. The molecule has 2 unspecified atom stereocenters. The predicted octanol–water partition coefficient (Wildman–Crippen LogP) is 3.79. The van der Waals surface area contributed by atoms with Crippen molar-refractivity contribution in [1.29, 1.82) is 0 Å². The molecule has 180 valence electrons. The van der Waals surface area contributed by atoms with E-state index < -0.39 is 12.7 Å². The standard InChI is InChI=1S/C22H20ClN7O4S/c23-19-17(5-2-6-25-19)33-12-7-18(34-16-4-1-3-14-13(16)9-24-11-27-14)21(26-8-12)29-22-28-20(30-35-22)15(32)10-31/h2,5-9,11,15-16,31-32H,1,3-4,10H2,(H,26,28,29,30). The van der Waals surface area contributed by atoms with E-state index in [2.05, 4.69) is 34.6 Å². The SMILES string of the molecule is OCC(O)c1nsc(Nc2ncc(Oc3cccnc3Cl)cc2OC2CCCc3ncncc32)n1. The highest BCUT2D eigenvalue weighted by Gasteiger charge is 2.25. The van der Waals surface area contributed by atoms with Crippen molar-refractivity contribution < 1.29 is 19.7 Å². The molecule has 0 amide bonds. The van der Waals surface area contributed by atoms with Crippen LogP contribution >= 0.6 is 23.1 Å². The number of hydrogen-bond acceptors (Lipinski definition) is 12. The first-order chi connectivity index (χ1) is 17.1. The third kappa shape index (κ3) is 5.30. The van der Waals surface area contributed by atoms with Crippen LogP contribution in [0.4, 0.5) is 10.9 Å². The van der Waals surface area contributed by atoms with E-state index in [1.807, 2.05) is 0 Å². The second-order valence-electron chi connectivity index (χ2n) is 7.62. The monoisotopic (exact) mass is 513 g/mol. The number of fused-ring (bicyclic) bond motifs is 1. The summed E-state index contributed by atoms with van der Waals surface area (Å²) in [5, 5.41) is 22.6. The van der Waals surface area contributed by atoms with Gasteiger partial charge in [0.25, 0.3) is 0 Å². The number of nitrogens with one attached hydrogen (secondary N) is 1. The molecule has 4 aromatic heterocycles. The van der Waals surface area contributed by atoms with E-state index in [1.165, 1.54) is 12.5 Å². The Labute approximate surface area is 209 Å². The third-order valence-corrected chi connectivity index (χ3v) is 6.17. The molecule has 0 fully saturated rings. The van der Waals surface area contributed by atoms with Crippen LogP contribution in [0.2, 0.25) is 5.15 Å². The van der Waals surface area contributed by atoms with Crippen molar-refractivity contribution in [1.82, 2.24) is 29.3 Å². The fourth-order valence-electron chi connectivity index (χ4n) is 3.57. The van der Waals surface area contributed by atoms with Crippen LogP contribution in [0, 0.1) is 0 Å². The van der Waals surface area contributed by atoms with Crippen LogP contribution in [-0.2, 0) is 6.42 Å². The average Bonchev–Trinajstić information content (AvgIpc) is 3.35. The maximum atomic E-state index is 9.79. The van der Waals surface area contributed by atoms with Crippen LogP contribution < -0.4 is 14.8 Å². The number of aliphatic hydroxyl groups is 2. The number of ether oxygens (including phenoxy) is 2. The molecule has 4 heterocycles. The molecule has 1 aliphatic rings. The Hall–Kier alpha value is -3.45. The van der Waals surface area contributed by atoms with Gasteiger partial charge in [-0.3, -0.25) is 0 Å². The van der Waals surface area contributed by atoms with Crippen molar-refractivity contribution in [2.45, 2.75) is 31.5 Å². The Morgan fingerprint density at radius 1 is 1.23 bits per heavy atom. The van der Waals surface area contributed by atoms with Crippen LogP contribution in [-0.4, -0.2) is 46.1 Å².